The zero-order valence-corrected chi connectivity index (χ0v) is 12.0. The molecule has 3 N–H and O–H groups in total. The van der Waals surface area contributed by atoms with Crippen molar-refractivity contribution >= 4 is 5.91 Å². The molecule has 3 atom stereocenters. The van der Waals surface area contributed by atoms with Crippen molar-refractivity contribution in [2.24, 2.45) is 11.1 Å². The summed E-state index contributed by atoms with van der Waals surface area (Å²) in [4.78, 5) is 14.7. The Balaban J connectivity index is 1.73. The lowest BCUT2D eigenvalue weighted by Crippen LogP contribution is -2.43. The summed E-state index contributed by atoms with van der Waals surface area (Å²) in [6, 6.07) is 10.3. The smallest absolute Gasteiger partial charge is 0.229 e. The minimum Gasteiger partial charge on any atom is -0.340 e. The Morgan fingerprint density at radius 3 is 2.75 bits per heavy atom. The molecule has 2 aliphatic rings. The van der Waals surface area contributed by atoms with E-state index in [1.54, 1.807) is 0 Å². The van der Waals surface area contributed by atoms with Crippen LogP contribution in [0.2, 0.25) is 0 Å². The molecule has 1 unspecified atom stereocenters. The van der Waals surface area contributed by atoms with E-state index in [2.05, 4.69) is 24.4 Å². The van der Waals surface area contributed by atoms with E-state index < -0.39 is 0 Å². The molecule has 2 saturated heterocycles. The van der Waals surface area contributed by atoms with Crippen LogP contribution < -0.4 is 11.1 Å². The van der Waals surface area contributed by atoms with Crippen molar-refractivity contribution in [3.8, 4) is 0 Å². The number of carbonyl (C=O) groups excluding carboxylic acids is 1. The van der Waals surface area contributed by atoms with Crippen molar-refractivity contribution < 1.29 is 4.79 Å². The fraction of sp³-hybridized carbons (Fsp3) is 0.562. The molecule has 0 saturated carbocycles. The second-order valence-corrected chi connectivity index (χ2v) is 6.38. The van der Waals surface area contributed by atoms with Crippen LogP contribution in [0.4, 0.5) is 0 Å². The summed E-state index contributed by atoms with van der Waals surface area (Å²) in [5.74, 6) is 0.523. The van der Waals surface area contributed by atoms with Crippen molar-refractivity contribution in [2.45, 2.75) is 25.3 Å². The fourth-order valence-electron chi connectivity index (χ4n) is 3.43. The SMILES string of the molecule is CC1(C(=O)N2C[C@@H](N)[C@H](c3ccccc3)C2)CCNC1. The van der Waals surface area contributed by atoms with Crippen LogP contribution in [-0.4, -0.2) is 43.0 Å². The number of nitrogens with two attached hydrogens (primary N) is 1. The zero-order chi connectivity index (χ0) is 14.2. The quantitative estimate of drug-likeness (QED) is 0.843. The number of nitrogens with zero attached hydrogens (tertiary/aromatic N) is 1. The summed E-state index contributed by atoms with van der Waals surface area (Å²) < 4.78 is 0. The molecule has 0 radical (unpaired) electrons. The van der Waals surface area contributed by atoms with Gasteiger partial charge >= 0.3 is 0 Å². The Morgan fingerprint density at radius 1 is 1.35 bits per heavy atom. The molecule has 1 aromatic carbocycles. The largest absolute Gasteiger partial charge is 0.340 e. The molecule has 2 aliphatic heterocycles. The summed E-state index contributed by atoms with van der Waals surface area (Å²) in [6.45, 7) is 5.21. The predicted octanol–water partition coefficient (Wildman–Crippen LogP) is 0.939. The summed E-state index contributed by atoms with van der Waals surface area (Å²) >= 11 is 0. The third-order valence-electron chi connectivity index (χ3n) is 4.77. The molecule has 3 rings (SSSR count). The van der Waals surface area contributed by atoms with E-state index in [4.69, 9.17) is 5.73 Å². The number of rotatable bonds is 2. The molecule has 0 aromatic heterocycles. The van der Waals surface area contributed by atoms with E-state index in [0.717, 1.165) is 26.1 Å². The van der Waals surface area contributed by atoms with Crippen molar-refractivity contribution in [3.63, 3.8) is 0 Å². The normalized spacial score (nSPS) is 33.6. The van der Waals surface area contributed by atoms with Gasteiger partial charge in [-0.3, -0.25) is 4.79 Å². The predicted molar refractivity (Wildman–Crippen MR) is 79.3 cm³/mol. The average molecular weight is 273 g/mol. The molecule has 2 heterocycles. The van der Waals surface area contributed by atoms with Gasteiger partial charge in [0.2, 0.25) is 5.91 Å². The van der Waals surface area contributed by atoms with Gasteiger partial charge in [-0.2, -0.15) is 0 Å². The number of nitrogens with one attached hydrogen (secondary N) is 1. The van der Waals surface area contributed by atoms with Gasteiger partial charge in [-0.25, -0.2) is 0 Å². The second kappa shape index (κ2) is 5.19. The highest BCUT2D eigenvalue weighted by atomic mass is 16.2. The molecule has 4 heteroatoms. The Labute approximate surface area is 120 Å². The number of hydrogen-bond donors (Lipinski definition) is 2. The molecule has 1 amide bonds. The van der Waals surface area contributed by atoms with Crippen LogP contribution in [0.15, 0.2) is 30.3 Å². The van der Waals surface area contributed by atoms with Gasteiger partial charge in [0.25, 0.3) is 0 Å². The van der Waals surface area contributed by atoms with Crippen LogP contribution in [0.5, 0.6) is 0 Å². The van der Waals surface area contributed by atoms with E-state index in [0.29, 0.717) is 6.54 Å². The lowest BCUT2D eigenvalue weighted by Gasteiger charge is -2.28. The van der Waals surface area contributed by atoms with Gasteiger partial charge < -0.3 is 16.0 Å². The average Bonchev–Trinajstić information content (AvgIpc) is 3.06. The van der Waals surface area contributed by atoms with Gasteiger partial charge in [0.1, 0.15) is 0 Å². The van der Waals surface area contributed by atoms with Crippen LogP contribution in [0.3, 0.4) is 0 Å². The first kappa shape index (κ1) is 13.6. The van der Waals surface area contributed by atoms with Crippen molar-refractivity contribution in [1.29, 1.82) is 0 Å². The first-order valence-corrected chi connectivity index (χ1v) is 7.41. The minimum absolute atomic E-state index is 0.0410. The van der Waals surface area contributed by atoms with Crippen molar-refractivity contribution in [3.05, 3.63) is 35.9 Å². The maximum absolute atomic E-state index is 12.7. The highest BCUT2D eigenvalue weighted by molar-refractivity contribution is 5.83. The zero-order valence-electron chi connectivity index (χ0n) is 12.0. The third-order valence-corrected chi connectivity index (χ3v) is 4.77. The maximum Gasteiger partial charge on any atom is 0.229 e. The molecule has 20 heavy (non-hydrogen) atoms. The first-order chi connectivity index (χ1) is 9.60. The van der Waals surface area contributed by atoms with Gasteiger partial charge in [-0.1, -0.05) is 30.3 Å². The van der Waals surface area contributed by atoms with E-state index in [1.807, 2.05) is 23.1 Å². The van der Waals surface area contributed by atoms with Gasteiger partial charge in [0.15, 0.2) is 0 Å². The molecule has 0 spiro atoms. The third kappa shape index (κ3) is 2.34. The highest BCUT2D eigenvalue weighted by Crippen LogP contribution is 2.32. The lowest BCUT2D eigenvalue weighted by molar-refractivity contribution is -0.139. The fourth-order valence-corrected chi connectivity index (χ4v) is 3.43. The van der Waals surface area contributed by atoms with E-state index >= 15 is 0 Å². The van der Waals surface area contributed by atoms with E-state index in [-0.39, 0.29) is 23.3 Å². The van der Waals surface area contributed by atoms with Crippen molar-refractivity contribution in [1.82, 2.24) is 10.2 Å². The van der Waals surface area contributed by atoms with Gasteiger partial charge in [0, 0.05) is 31.6 Å². The Morgan fingerprint density at radius 2 is 2.10 bits per heavy atom. The maximum atomic E-state index is 12.7. The minimum atomic E-state index is -0.245. The molecular formula is C16H23N3O. The number of amides is 1. The topological polar surface area (TPSA) is 58.4 Å². The molecule has 0 aliphatic carbocycles. The van der Waals surface area contributed by atoms with E-state index in [9.17, 15) is 4.79 Å². The summed E-state index contributed by atoms with van der Waals surface area (Å²) in [6.07, 6.45) is 0.924. The van der Waals surface area contributed by atoms with Crippen LogP contribution in [0.1, 0.15) is 24.8 Å². The van der Waals surface area contributed by atoms with E-state index in [1.165, 1.54) is 5.56 Å². The Bertz CT molecular complexity index is 482. The number of carbonyl (C=O) groups is 1. The number of hydrogen-bond acceptors (Lipinski definition) is 3. The standard InChI is InChI=1S/C16H23N3O/c1-16(7-8-18-11-16)15(20)19-9-13(14(17)10-19)12-5-3-2-4-6-12/h2-6,13-14,18H,7-11,17H2,1H3/t13-,14+,16?/m0/s1. The second-order valence-electron chi connectivity index (χ2n) is 6.38. The molecular weight excluding hydrogens is 250 g/mol. The molecule has 4 nitrogen and oxygen atoms in total. The van der Waals surface area contributed by atoms with Crippen LogP contribution >= 0.6 is 0 Å². The van der Waals surface area contributed by atoms with Crippen molar-refractivity contribution in [2.75, 3.05) is 26.2 Å². The van der Waals surface area contributed by atoms with Crippen LogP contribution in [-0.2, 0) is 4.79 Å². The Kier molecular flexibility index (Phi) is 3.52. The molecule has 108 valence electrons. The molecule has 2 fully saturated rings. The lowest BCUT2D eigenvalue weighted by atomic mass is 9.88. The summed E-state index contributed by atoms with van der Waals surface area (Å²) in [7, 11) is 0. The number of likely N-dealkylation sites (tertiary alicyclic amines) is 1. The monoisotopic (exact) mass is 273 g/mol. The Hall–Kier alpha value is -1.39. The molecule has 1 aromatic rings. The van der Waals surface area contributed by atoms with Gasteiger partial charge in [-0.15, -0.1) is 0 Å². The summed E-state index contributed by atoms with van der Waals surface area (Å²) in [5.41, 5.74) is 7.27. The van der Waals surface area contributed by atoms with Gasteiger partial charge in [-0.05, 0) is 25.5 Å². The first-order valence-electron chi connectivity index (χ1n) is 7.41. The number of benzene rings is 1. The summed E-state index contributed by atoms with van der Waals surface area (Å²) in [5, 5.41) is 3.29. The molecule has 0 bridgehead atoms. The van der Waals surface area contributed by atoms with Crippen LogP contribution in [0, 0.1) is 5.41 Å². The highest BCUT2D eigenvalue weighted by Gasteiger charge is 2.43. The van der Waals surface area contributed by atoms with Crippen LogP contribution in [0.25, 0.3) is 0 Å². The van der Waals surface area contributed by atoms with Gasteiger partial charge in [0.05, 0.1) is 5.41 Å².